The summed E-state index contributed by atoms with van der Waals surface area (Å²) >= 11 is 0. The van der Waals surface area contributed by atoms with Gasteiger partial charge in [-0.3, -0.25) is 4.79 Å². The second-order valence-corrected chi connectivity index (χ2v) is 4.22. The molecule has 2 rings (SSSR count). The Morgan fingerprint density at radius 1 is 1.30 bits per heavy atom. The van der Waals surface area contributed by atoms with Crippen LogP contribution >= 0.6 is 0 Å². The van der Waals surface area contributed by atoms with Crippen LogP contribution in [0.4, 0.5) is 0 Å². The predicted molar refractivity (Wildman–Crippen MR) is 76.9 cm³/mol. The molecule has 2 aromatic rings. The summed E-state index contributed by atoms with van der Waals surface area (Å²) in [5, 5.41) is 2.56. The van der Waals surface area contributed by atoms with E-state index in [9.17, 15) is 4.79 Å². The highest BCUT2D eigenvalue weighted by Crippen LogP contribution is 2.23. The molecule has 104 valence electrons. The standard InChI is InChI=1S/C15H17N3O2/c1-17-14(19)13-3-2-10-18-15(13)20-12-6-4-11(5-7-12)8-9-16/h2-7,10H,8-9,16H2,1H3,(H,17,19). The van der Waals surface area contributed by atoms with E-state index in [1.807, 2.05) is 24.3 Å². The number of amides is 1. The number of rotatable bonds is 5. The summed E-state index contributed by atoms with van der Waals surface area (Å²) < 4.78 is 5.66. The number of nitrogens with one attached hydrogen (secondary N) is 1. The van der Waals surface area contributed by atoms with Gasteiger partial charge >= 0.3 is 0 Å². The van der Waals surface area contributed by atoms with Gasteiger partial charge in [-0.15, -0.1) is 0 Å². The molecule has 5 nitrogen and oxygen atoms in total. The molecule has 5 heteroatoms. The first kappa shape index (κ1) is 14.0. The molecule has 0 aliphatic heterocycles. The fourth-order valence-electron chi connectivity index (χ4n) is 1.78. The molecule has 0 unspecified atom stereocenters. The normalized spacial score (nSPS) is 10.1. The first-order chi connectivity index (χ1) is 9.74. The van der Waals surface area contributed by atoms with Crippen LogP contribution in [-0.2, 0) is 6.42 Å². The van der Waals surface area contributed by atoms with Gasteiger partial charge in [-0.25, -0.2) is 4.98 Å². The number of nitrogens with zero attached hydrogens (tertiary/aromatic N) is 1. The Kier molecular flexibility index (Phi) is 4.68. The van der Waals surface area contributed by atoms with Crippen LogP contribution in [0.2, 0.25) is 0 Å². The zero-order valence-corrected chi connectivity index (χ0v) is 11.3. The van der Waals surface area contributed by atoms with E-state index >= 15 is 0 Å². The Morgan fingerprint density at radius 3 is 2.70 bits per heavy atom. The van der Waals surface area contributed by atoms with E-state index in [2.05, 4.69) is 10.3 Å². The molecular formula is C15H17N3O2. The molecule has 0 saturated heterocycles. The van der Waals surface area contributed by atoms with Crippen molar-refractivity contribution >= 4 is 5.91 Å². The average molecular weight is 271 g/mol. The minimum absolute atomic E-state index is 0.229. The highest BCUT2D eigenvalue weighted by molar-refractivity contribution is 5.96. The molecular weight excluding hydrogens is 254 g/mol. The van der Waals surface area contributed by atoms with Gasteiger partial charge in [-0.05, 0) is 42.8 Å². The van der Waals surface area contributed by atoms with E-state index in [1.54, 1.807) is 25.4 Å². The summed E-state index contributed by atoms with van der Waals surface area (Å²) in [5.41, 5.74) is 7.05. The van der Waals surface area contributed by atoms with Crippen LogP contribution in [0.5, 0.6) is 11.6 Å². The van der Waals surface area contributed by atoms with Crippen molar-refractivity contribution in [1.29, 1.82) is 0 Å². The van der Waals surface area contributed by atoms with Crippen LogP contribution in [0.15, 0.2) is 42.6 Å². The third kappa shape index (κ3) is 3.33. The van der Waals surface area contributed by atoms with Gasteiger partial charge in [0.2, 0.25) is 5.88 Å². The van der Waals surface area contributed by atoms with Crippen molar-refractivity contribution in [2.24, 2.45) is 5.73 Å². The van der Waals surface area contributed by atoms with Gasteiger partial charge in [0.05, 0.1) is 0 Å². The van der Waals surface area contributed by atoms with Crippen molar-refractivity contribution in [2.45, 2.75) is 6.42 Å². The number of pyridine rings is 1. The van der Waals surface area contributed by atoms with Crippen molar-refractivity contribution in [1.82, 2.24) is 10.3 Å². The number of hydrogen-bond acceptors (Lipinski definition) is 4. The molecule has 0 saturated carbocycles. The van der Waals surface area contributed by atoms with Crippen LogP contribution in [0.25, 0.3) is 0 Å². The predicted octanol–water partition coefficient (Wildman–Crippen LogP) is 1.73. The molecule has 1 amide bonds. The van der Waals surface area contributed by atoms with Crippen LogP contribution in [-0.4, -0.2) is 24.5 Å². The largest absolute Gasteiger partial charge is 0.438 e. The molecule has 0 bridgehead atoms. The second kappa shape index (κ2) is 6.68. The van der Waals surface area contributed by atoms with Crippen molar-refractivity contribution < 1.29 is 9.53 Å². The van der Waals surface area contributed by atoms with Crippen molar-refractivity contribution in [3.63, 3.8) is 0 Å². The van der Waals surface area contributed by atoms with Gasteiger partial charge in [-0.1, -0.05) is 12.1 Å². The van der Waals surface area contributed by atoms with Gasteiger partial charge < -0.3 is 15.8 Å². The summed E-state index contributed by atoms with van der Waals surface area (Å²) in [6, 6.07) is 10.9. The van der Waals surface area contributed by atoms with E-state index in [0.29, 0.717) is 23.7 Å². The third-order valence-electron chi connectivity index (χ3n) is 2.81. The summed E-state index contributed by atoms with van der Waals surface area (Å²) in [4.78, 5) is 15.8. The van der Waals surface area contributed by atoms with E-state index in [-0.39, 0.29) is 5.91 Å². The van der Waals surface area contributed by atoms with Crippen LogP contribution in [0, 0.1) is 0 Å². The SMILES string of the molecule is CNC(=O)c1cccnc1Oc1ccc(CCN)cc1. The molecule has 20 heavy (non-hydrogen) atoms. The molecule has 3 N–H and O–H groups in total. The average Bonchev–Trinajstić information content (AvgIpc) is 2.49. The van der Waals surface area contributed by atoms with E-state index in [4.69, 9.17) is 10.5 Å². The van der Waals surface area contributed by atoms with Crippen molar-refractivity contribution in [3.8, 4) is 11.6 Å². The smallest absolute Gasteiger partial charge is 0.256 e. The number of nitrogens with two attached hydrogens (primary N) is 1. The first-order valence-electron chi connectivity index (χ1n) is 6.38. The van der Waals surface area contributed by atoms with Gasteiger partial charge in [0.25, 0.3) is 5.91 Å². The zero-order valence-electron chi connectivity index (χ0n) is 11.3. The molecule has 0 spiro atoms. The van der Waals surface area contributed by atoms with E-state index < -0.39 is 0 Å². The Balaban J connectivity index is 2.19. The quantitative estimate of drug-likeness (QED) is 0.868. The Hall–Kier alpha value is -2.40. The molecule has 0 radical (unpaired) electrons. The maximum atomic E-state index is 11.7. The van der Waals surface area contributed by atoms with Gasteiger partial charge in [-0.2, -0.15) is 0 Å². The monoisotopic (exact) mass is 271 g/mol. The number of carbonyl (C=O) groups is 1. The summed E-state index contributed by atoms with van der Waals surface area (Å²) in [7, 11) is 1.57. The minimum atomic E-state index is -0.229. The summed E-state index contributed by atoms with van der Waals surface area (Å²) in [6.07, 6.45) is 2.41. The van der Waals surface area contributed by atoms with Gasteiger partial charge in [0.15, 0.2) is 0 Å². The highest BCUT2D eigenvalue weighted by Gasteiger charge is 2.12. The number of carbonyl (C=O) groups excluding carboxylic acids is 1. The Labute approximate surface area is 117 Å². The molecule has 0 aliphatic carbocycles. The van der Waals surface area contributed by atoms with Crippen LogP contribution in [0.3, 0.4) is 0 Å². The highest BCUT2D eigenvalue weighted by atomic mass is 16.5. The fraction of sp³-hybridized carbons (Fsp3) is 0.200. The second-order valence-electron chi connectivity index (χ2n) is 4.22. The summed E-state index contributed by atoms with van der Waals surface area (Å²) in [6.45, 7) is 0.612. The number of hydrogen-bond donors (Lipinski definition) is 2. The maximum absolute atomic E-state index is 11.7. The van der Waals surface area contributed by atoms with Crippen LogP contribution in [0.1, 0.15) is 15.9 Å². The molecule has 0 aliphatic rings. The van der Waals surface area contributed by atoms with Crippen molar-refractivity contribution in [2.75, 3.05) is 13.6 Å². The fourth-order valence-corrected chi connectivity index (χ4v) is 1.78. The minimum Gasteiger partial charge on any atom is -0.438 e. The molecule has 1 heterocycles. The first-order valence-corrected chi connectivity index (χ1v) is 6.38. The van der Waals surface area contributed by atoms with Crippen molar-refractivity contribution in [3.05, 3.63) is 53.7 Å². The lowest BCUT2D eigenvalue weighted by molar-refractivity contribution is 0.0960. The summed E-state index contributed by atoms with van der Waals surface area (Å²) in [5.74, 6) is 0.695. The Bertz CT molecular complexity index is 582. The lowest BCUT2D eigenvalue weighted by Crippen LogP contribution is -2.18. The molecule has 0 atom stereocenters. The Morgan fingerprint density at radius 2 is 2.05 bits per heavy atom. The van der Waals surface area contributed by atoms with Crippen LogP contribution < -0.4 is 15.8 Å². The topological polar surface area (TPSA) is 77.2 Å². The number of aromatic nitrogens is 1. The molecule has 0 fully saturated rings. The lowest BCUT2D eigenvalue weighted by atomic mass is 10.1. The molecule has 1 aromatic heterocycles. The number of ether oxygens (including phenoxy) is 1. The van der Waals surface area contributed by atoms with E-state index in [0.717, 1.165) is 12.0 Å². The number of benzene rings is 1. The zero-order chi connectivity index (χ0) is 14.4. The lowest BCUT2D eigenvalue weighted by Gasteiger charge is -2.09. The third-order valence-corrected chi connectivity index (χ3v) is 2.81. The molecule has 1 aromatic carbocycles. The maximum Gasteiger partial charge on any atom is 0.256 e. The van der Waals surface area contributed by atoms with Gasteiger partial charge in [0, 0.05) is 13.2 Å². The van der Waals surface area contributed by atoms with E-state index in [1.165, 1.54) is 0 Å². The van der Waals surface area contributed by atoms with Gasteiger partial charge in [0.1, 0.15) is 11.3 Å².